The predicted octanol–water partition coefficient (Wildman–Crippen LogP) is 3.10. The highest BCUT2D eigenvalue weighted by Crippen LogP contribution is 2.38. The zero-order valence-electron chi connectivity index (χ0n) is 11.6. The highest BCUT2D eigenvalue weighted by Gasteiger charge is 2.32. The summed E-state index contributed by atoms with van der Waals surface area (Å²) in [4.78, 5) is 25.3. The van der Waals surface area contributed by atoms with E-state index in [4.69, 9.17) is 11.6 Å². The molecule has 4 nitrogen and oxygen atoms in total. The summed E-state index contributed by atoms with van der Waals surface area (Å²) in [6.45, 7) is 6.36. The van der Waals surface area contributed by atoms with Crippen LogP contribution in [0.25, 0.3) is 0 Å². The Balaban J connectivity index is 1.98. The molecule has 1 saturated heterocycles. The SMILES string of the molecule is CC1(C)CCCN(c2cc3c(cc2Cl)C(=O)C(=O)N3)C1. The topological polar surface area (TPSA) is 49.4 Å². The van der Waals surface area contributed by atoms with Gasteiger partial charge in [-0.25, -0.2) is 0 Å². The molecule has 0 bridgehead atoms. The van der Waals surface area contributed by atoms with Gasteiger partial charge in [-0.1, -0.05) is 25.4 Å². The van der Waals surface area contributed by atoms with E-state index < -0.39 is 11.7 Å². The smallest absolute Gasteiger partial charge is 0.296 e. The van der Waals surface area contributed by atoms with Crippen LogP contribution in [0.1, 0.15) is 37.0 Å². The lowest BCUT2D eigenvalue weighted by Gasteiger charge is -2.39. The van der Waals surface area contributed by atoms with Gasteiger partial charge in [0, 0.05) is 13.1 Å². The minimum absolute atomic E-state index is 0.250. The molecule has 1 amide bonds. The molecule has 3 rings (SSSR count). The van der Waals surface area contributed by atoms with Crippen molar-refractivity contribution in [2.75, 3.05) is 23.3 Å². The lowest BCUT2D eigenvalue weighted by atomic mass is 9.84. The number of halogens is 1. The average Bonchev–Trinajstić information content (AvgIpc) is 2.63. The minimum atomic E-state index is -0.577. The lowest BCUT2D eigenvalue weighted by molar-refractivity contribution is -0.112. The van der Waals surface area contributed by atoms with Crippen LogP contribution in [0.5, 0.6) is 0 Å². The van der Waals surface area contributed by atoms with Gasteiger partial charge in [0.05, 0.1) is 22.0 Å². The molecule has 2 aliphatic heterocycles. The molecule has 2 heterocycles. The van der Waals surface area contributed by atoms with Gasteiger partial charge in [0.2, 0.25) is 0 Å². The van der Waals surface area contributed by atoms with E-state index in [0.29, 0.717) is 16.3 Å². The van der Waals surface area contributed by atoms with Gasteiger partial charge in [-0.15, -0.1) is 0 Å². The molecule has 0 atom stereocenters. The summed E-state index contributed by atoms with van der Waals surface area (Å²) < 4.78 is 0. The van der Waals surface area contributed by atoms with E-state index in [1.807, 2.05) is 6.07 Å². The summed E-state index contributed by atoms with van der Waals surface area (Å²) in [6.07, 6.45) is 2.31. The first-order valence-corrected chi connectivity index (χ1v) is 7.19. The van der Waals surface area contributed by atoms with Crippen LogP contribution >= 0.6 is 11.6 Å². The first-order valence-electron chi connectivity index (χ1n) is 6.82. The fourth-order valence-corrected chi connectivity index (χ4v) is 3.31. The standard InChI is InChI=1S/C15H17ClN2O2/c1-15(2)4-3-5-18(8-15)12-7-11-9(6-10(12)16)13(19)14(20)17-11/h6-7H,3-5,8H2,1-2H3,(H,17,19,20). The molecule has 1 aromatic carbocycles. The number of amides is 1. The lowest BCUT2D eigenvalue weighted by Crippen LogP contribution is -2.40. The van der Waals surface area contributed by atoms with Crippen LogP contribution in [0.2, 0.25) is 5.02 Å². The van der Waals surface area contributed by atoms with Gasteiger partial charge >= 0.3 is 0 Å². The number of hydrogen-bond acceptors (Lipinski definition) is 3. The molecule has 0 radical (unpaired) electrons. The fraction of sp³-hybridized carbons (Fsp3) is 0.467. The van der Waals surface area contributed by atoms with Crippen molar-refractivity contribution in [1.29, 1.82) is 0 Å². The number of ketones is 1. The molecule has 0 aromatic heterocycles. The average molecular weight is 293 g/mol. The van der Waals surface area contributed by atoms with E-state index >= 15 is 0 Å². The van der Waals surface area contributed by atoms with E-state index in [1.165, 1.54) is 6.42 Å². The molecule has 1 N–H and O–H groups in total. The van der Waals surface area contributed by atoms with Crippen molar-refractivity contribution >= 4 is 34.7 Å². The van der Waals surface area contributed by atoms with Gasteiger partial charge < -0.3 is 10.2 Å². The summed E-state index contributed by atoms with van der Waals surface area (Å²) in [6, 6.07) is 3.43. The molecule has 106 valence electrons. The summed E-state index contributed by atoms with van der Waals surface area (Å²) in [5.74, 6) is -1.08. The Morgan fingerprint density at radius 2 is 2.05 bits per heavy atom. The predicted molar refractivity (Wildman–Crippen MR) is 79.6 cm³/mol. The molecule has 20 heavy (non-hydrogen) atoms. The molecular formula is C15H17ClN2O2. The Labute approximate surface area is 123 Å². The third kappa shape index (κ3) is 2.18. The van der Waals surface area contributed by atoms with E-state index in [9.17, 15) is 9.59 Å². The van der Waals surface area contributed by atoms with Gasteiger partial charge in [0.1, 0.15) is 0 Å². The number of nitrogens with one attached hydrogen (secondary N) is 1. The minimum Gasteiger partial charge on any atom is -0.370 e. The molecule has 5 heteroatoms. The zero-order chi connectivity index (χ0) is 14.5. The number of hydrogen-bond donors (Lipinski definition) is 1. The fourth-order valence-electron chi connectivity index (χ4n) is 3.03. The quantitative estimate of drug-likeness (QED) is 0.809. The molecule has 0 saturated carbocycles. The van der Waals surface area contributed by atoms with Gasteiger partial charge in [-0.3, -0.25) is 9.59 Å². The van der Waals surface area contributed by atoms with Gasteiger partial charge in [-0.05, 0) is 30.4 Å². The maximum absolute atomic E-state index is 11.7. The Kier molecular flexibility index (Phi) is 3.01. The van der Waals surface area contributed by atoms with E-state index in [2.05, 4.69) is 24.1 Å². The zero-order valence-corrected chi connectivity index (χ0v) is 12.4. The number of benzene rings is 1. The van der Waals surface area contributed by atoms with Crippen molar-refractivity contribution in [2.45, 2.75) is 26.7 Å². The number of carbonyl (C=O) groups is 2. The number of anilines is 2. The van der Waals surface area contributed by atoms with Crippen molar-refractivity contribution in [2.24, 2.45) is 5.41 Å². The Morgan fingerprint density at radius 1 is 1.30 bits per heavy atom. The van der Waals surface area contributed by atoms with E-state index in [1.54, 1.807) is 6.07 Å². The van der Waals surface area contributed by atoms with Crippen LogP contribution < -0.4 is 10.2 Å². The van der Waals surface area contributed by atoms with Crippen molar-refractivity contribution in [3.05, 3.63) is 22.7 Å². The van der Waals surface area contributed by atoms with Crippen molar-refractivity contribution in [3.63, 3.8) is 0 Å². The first-order chi connectivity index (χ1) is 9.37. The summed E-state index contributed by atoms with van der Waals surface area (Å²) in [7, 11) is 0. The summed E-state index contributed by atoms with van der Waals surface area (Å²) in [5.41, 5.74) is 2.09. The molecule has 0 spiro atoms. The van der Waals surface area contributed by atoms with Gasteiger partial charge in [0.15, 0.2) is 0 Å². The molecule has 2 aliphatic rings. The van der Waals surface area contributed by atoms with Crippen LogP contribution in [0.15, 0.2) is 12.1 Å². The maximum Gasteiger partial charge on any atom is 0.296 e. The second-order valence-corrected chi connectivity index (χ2v) is 6.73. The second-order valence-electron chi connectivity index (χ2n) is 6.32. The molecule has 0 aliphatic carbocycles. The summed E-state index contributed by atoms with van der Waals surface area (Å²) >= 11 is 6.31. The van der Waals surface area contributed by atoms with Crippen molar-refractivity contribution in [1.82, 2.24) is 0 Å². The van der Waals surface area contributed by atoms with Crippen LogP contribution in [-0.2, 0) is 4.79 Å². The Hall–Kier alpha value is -1.55. The first kappa shape index (κ1) is 13.4. The molecule has 0 unspecified atom stereocenters. The number of Topliss-reactive ketones (excluding diaryl/α,β-unsaturated/α-hetero) is 1. The monoisotopic (exact) mass is 292 g/mol. The maximum atomic E-state index is 11.7. The number of carbonyl (C=O) groups excluding carboxylic acids is 2. The van der Waals surface area contributed by atoms with Gasteiger partial charge in [-0.2, -0.15) is 0 Å². The summed E-state index contributed by atoms with van der Waals surface area (Å²) in [5, 5.41) is 3.13. The number of fused-ring (bicyclic) bond motifs is 1. The Bertz CT molecular complexity index is 610. The molecule has 1 aromatic rings. The number of nitrogens with zero attached hydrogens (tertiary/aromatic N) is 1. The molecule has 1 fully saturated rings. The largest absolute Gasteiger partial charge is 0.370 e. The number of piperidine rings is 1. The van der Waals surface area contributed by atoms with Crippen LogP contribution in [0, 0.1) is 5.41 Å². The van der Waals surface area contributed by atoms with Crippen LogP contribution in [0.3, 0.4) is 0 Å². The normalized spacial score (nSPS) is 20.9. The second kappa shape index (κ2) is 4.48. The van der Waals surface area contributed by atoms with Crippen molar-refractivity contribution in [3.8, 4) is 0 Å². The highest BCUT2D eigenvalue weighted by molar-refractivity contribution is 6.52. The van der Waals surface area contributed by atoms with Crippen LogP contribution in [0.4, 0.5) is 11.4 Å². The van der Waals surface area contributed by atoms with Gasteiger partial charge in [0.25, 0.3) is 11.7 Å². The van der Waals surface area contributed by atoms with E-state index in [0.717, 1.165) is 25.2 Å². The number of rotatable bonds is 1. The third-order valence-corrected chi connectivity index (χ3v) is 4.33. The highest BCUT2D eigenvalue weighted by atomic mass is 35.5. The molecular weight excluding hydrogens is 276 g/mol. The van der Waals surface area contributed by atoms with Crippen molar-refractivity contribution < 1.29 is 9.59 Å². The van der Waals surface area contributed by atoms with E-state index in [-0.39, 0.29) is 5.41 Å². The van der Waals surface area contributed by atoms with Crippen LogP contribution in [-0.4, -0.2) is 24.8 Å². The Morgan fingerprint density at radius 3 is 2.75 bits per heavy atom. The third-order valence-electron chi connectivity index (χ3n) is 4.03.